The first kappa shape index (κ1) is 18.0. The van der Waals surface area contributed by atoms with Crippen molar-refractivity contribution in [1.29, 1.82) is 0 Å². The molecular formula is C23H21NO4. The average molecular weight is 375 g/mol. The van der Waals surface area contributed by atoms with Gasteiger partial charge in [0, 0.05) is 22.2 Å². The fourth-order valence-corrected chi connectivity index (χ4v) is 3.96. The van der Waals surface area contributed by atoms with Crippen LogP contribution in [0.4, 0.5) is 5.69 Å². The van der Waals surface area contributed by atoms with Crippen molar-refractivity contribution in [1.82, 2.24) is 0 Å². The summed E-state index contributed by atoms with van der Waals surface area (Å²) in [4.78, 5) is 26.2. The van der Waals surface area contributed by atoms with Crippen LogP contribution >= 0.6 is 0 Å². The molecule has 4 rings (SSSR count). The molecule has 1 amide bonds. The van der Waals surface area contributed by atoms with Crippen LogP contribution in [0, 0.1) is 0 Å². The maximum absolute atomic E-state index is 13.1. The second-order valence-electron chi connectivity index (χ2n) is 6.94. The lowest BCUT2D eigenvalue weighted by atomic mass is 9.96. The lowest BCUT2D eigenvalue weighted by Gasteiger charge is -2.17. The summed E-state index contributed by atoms with van der Waals surface area (Å²) < 4.78 is 5.65. The summed E-state index contributed by atoms with van der Waals surface area (Å²) in [5.41, 5.74) is 3.02. The van der Waals surface area contributed by atoms with Gasteiger partial charge in [-0.05, 0) is 35.6 Å². The summed E-state index contributed by atoms with van der Waals surface area (Å²) in [5.74, 6) is -0.711. The minimum absolute atomic E-state index is 0.0721. The number of methoxy groups -OCH3 is 1. The Labute approximate surface area is 163 Å². The van der Waals surface area contributed by atoms with Gasteiger partial charge in [0.05, 0.1) is 19.6 Å². The normalized spacial score (nSPS) is 14.2. The first-order valence-corrected chi connectivity index (χ1v) is 9.28. The zero-order valence-corrected chi connectivity index (χ0v) is 15.8. The Morgan fingerprint density at radius 3 is 2.54 bits per heavy atom. The number of fused-ring (bicyclic) bond motifs is 2. The summed E-state index contributed by atoms with van der Waals surface area (Å²) in [6.45, 7) is 2.28. The number of amides is 1. The van der Waals surface area contributed by atoms with Crippen molar-refractivity contribution in [2.24, 2.45) is 0 Å². The highest BCUT2D eigenvalue weighted by molar-refractivity contribution is 6.13. The Morgan fingerprint density at radius 2 is 1.89 bits per heavy atom. The second kappa shape index (κ2) is 7.00. The number of anilines is 1. The summed E-state index contributed by atoms with van der Waals surface area (Å²) in [5, 5.41) is 11.3. The van der Waals surface area contributed by atoms with E-state index in [-0.39, 0.29) is 5.91 Å². The van der Waals surface area contributed by atoms with Crippen molar-refractivity contribution in [3.8, 4) is 5.75 Å². The number of nitrogens with zero attached hydrogens (tertiary/aromatic N) is 1. The van der Waals surface area contributed by atoms with Gasteiger partial charge < -0.3 is 14.7 Å². The van der Waals surface area contributed by atoms with Gasteiger partial charge in [-0.2, -0.15) is 0 Å². The minimum atomic E-state index is -0.837. The molecule has 0 spiro atoms. The topological polar surface area (TPSA) is 66.8 Å². The van der Waals surface area contributed by atoms with Crippen molar-refractivity contribution in [2.75, 3.05) is 12.0 Å². The molecule has 0 bridgehead atoms. The predicted octanol–water partition coefficient (Wildman–Crippen LogP) is 4.59. The van der Waals surface area contributed by atoms with E-state index in [2.05, 4.69) is 0 Å². The molecule has 142 valence electrons. The van der Waals surface area contributed by atoms with Crippen LogP contribution in [0.15, 0.2) is 54.6 Å². The number of hydrogen-bond acceptors (Lipinski definition) is 3. The van der Waals surface area contributed by atoms with Crippen molar-refractivity contribution < 1.29 is 19.4 Å². The standard InChI is InChI=1S/C23H21NO4/c1-3-17(23(26)27)14-8-10-16(11-9-14)24-13-20-19(22(24)25)12-15-6-4-5-7-18(15)21(20)28-2/h4-12,17H,3,13H2,1-2H3,(H,26,27). The fourth-order valence-electron chi connectivity index (χ4n) is 3.96. The number of benzene rings is 3. The molecule has 3 aromatic carbocycles. The highest BCUT2D eigenvalue weighted by atomic mass is 16.5. The molecule has 5 heteroatoms. The molecule has 1 aliphatic rings. The number of aliphatic carboxylic acids is 1. The van der Waals surface area contributed by atoms with E-state index in [1.54, 1.807) is 24.1 Å². The maximum atomic E-state index is 13.1. The smallest absolute Gasteiger partial charge is 0.310 e. The molecule has 0 saturated carbocycles. The number of carbonyl (C=O) groups excluding carboxylic acids is 1. The average Bonchev–Trinajstić information content (AvgIpc) is 3.03. The molecule has 1 atom stereocenters. The Hall–Kier alpha value is -3.34. The van der Waals surface area contributed by atoms with Crippen molar-refractivity contribution >= 4 is 28.3 Å². The first-order chi connectivity index (χ1) is 13.5. The number of ether oxygens (including phenoxy) is 1. The molecule has 28 heavy (non-hydrogen) atoms. The van der Waals surface area contributed by atoms with Gasteiger partial charge in [0.15, 0.2) is 0 Å². The van der Waals surface area contributed by atoms with Gasteiger partial charge in [-0.15, -0.1) is 0 Å². The number of carboxylic acid groups (broad SMARTS) is 1. The zero-order chi connectivity index (χ0) is 19.8. The van der Waals surface area contributed by atoms with Crippen LogP contribution in [0.2, 0.25) is 0 Å². The van der Waals surface area contributed by atoms with Crippen LogP contribution in [0.3, 0.4) is 0 Å². The molecule has 1 unspecified atom stereocenters. The molecule has 3 aromatic rings. The number of carboxylic acids is 1. The van der Waals surface area contributed by atoms with Gasteiger partial charge in [0.1, 0.15) is 5.75 Å². The third-order valence-electron chi connectivity index (χ3n) is 5.41. The Balaban J connectivity index is 1.72. The van der Waals surface area contributed by atoms with E-state index in [4.69, 9.17) is 4.74 Å². The molecule has 1 aliphatic heterocycles. The van der Waals surface area contributed by atoms with Crippen molar-refractivity contribution in [3.05, 3.63) is 71.3 Å². The quantitative estimate of drug-likeness (QED) is 0.708. The predicted molar refractivity (Wildman–Crippen MR) is 108 cm³/mol. The summed E-state index contributed by atoms with van der Waals surface area (Å²) in [6, 6.07) is 17.0. The van der Waals surface area contributed by atoms with E-state index < -0.39 is 11.9 Å². The van der Waals surface area contributed by atoms with Gasteiger partial charge in [0.2, 0.25) is 0 Å². The van der Waals surface area contributed by atoms with Crippen molar-refractivity contribution in [3.63, 3.8) is 0 Å². The van der Waals surface area contributed by atoms with E-state index in [1.165, 1.54) is 0 Å². The van der Waals surface area contributed by atoms with Crippen LogP contribution in [0.5, 0.6) is 5.75 Å². The van der Waals surface area contributed by atoms with E-state index in [0.717, 1.165) is 33.3 Å². The zero-order valence-electron chi connectivity index (χ0n) is 15.8. The number of hydrogen-bond donors (Lipinski definition) is 1. The van der Waals surface area contributed by atoms with E-state index in [0.29, 0.717) is 18.5 Å². The van der Waals surface area contributed by atoms with E-state index >= 15 is 0 Å². The maximum Gasteiger partial charge on any atom is 0.310 e. The monoisotopic (exact) mass is 375 g/mol. The molecule has 0 saturated heterocycles. The summed E-state index contributed by atoms with van der Waals surface area (Å²) >= 11 is 0. The molecule has 0 radical (unpaired) electrons. The van der Waals surface area contributed by atoms with Crippen LogP contribution in [-0.4, -0.2) is 24.1 Å². The molecule has 0 aromatic heterocycles. The fraction of sp³-hybridized carbons (Fsp3) is 0.217. The van der Waals surface area contributed by atoms with Gasteiger partial charge in [-0.25, -0.2) is 0 Å². The third-order valence-corrected chi connectivity index (χ3v) is 5.41. The molecule has 5 nitrogen and oxygen atoms in total. The Morgan fingerprint density at radius 1 is 1.18 bits per heavy atom. The minimum Gasteiger partial charge on any atom is -0.496 e. The lowest BCUT2D eigenvalue weighted by molar-refractivity contribution is -0.138. The van der Waals surface area contributed by atoms with E-state index in [9.17, 15) is 14.7 Å². The van der Waals surface area contributed by atoms with Crippen LogP contribution in [-0.2, 0) is 11.3 Å². The number of rotatable bonds is 5. The van der Waals surface area contributed by atoms with Gasteiger partial charge in [-0.1, -0.05) is 43.3 Å². The van der Waals surface area contributed by atoms with Gasteiger partial charge >= 0.3 is 5.97 Å². The molecular weight excluding hydrogens is 354 g/mol. The highest BCUT2D eigenvalue weighted by Crippen LogP contribution is 2.39. The van der Waals surface area contributed by atoms with Crippen LogP contribution in [0.25, 0.3) is 10.8 Å². The summed E-state index contributed by atoms with van der Waals surface area (Å²) in [6.07, 6.45) is 0.520. The SMILES string of the molecule is CCC(C(=O)O)c1ccc(N2Cc3c(cc4ccccc4c3OC)C2=O)cc1. The molecule has 0 aliphatic carbocycles. The molecule has 1 heterocycles. The van der Waals surface area contributed by atoms with Gasteiger partial charge in [-0.3, -0.25) is 9.59 Å². The van der Waals surface area contributed by atoms with Crippen molar-refractivity contribution in [2.45, 2.75) is 25.8 Å². The lowest BCUT2D eigenvalue weighted by Crippen LogP contribution is -2.23. The summed E-state index contributed by atoms with van der Waals surface area (Å²) in [7, 11) is 1.63. The van der Waals surface area contributed by atoms with Gasteiger partial charge in [0.25, 0.3) is 5.91 Å². The first-order valence-electron chi connectivity index (χ1n) is 9.28. The van der Waals surface area contributed by atoms with Crippen LogP contribution < -0.4 is 9.64 Å². The second-order valence-corrected chi connectivity index (χ2v) is 6.94. The number of carbonyl (C=O) groups is 2. The Kier molecular flexibility index (Phi) is 4.51. The highest BCUT2D eigenvalue weighted by Gasteiger charge is 2.32. The Bertz CT molecular complexity index is 1070. The largest absolute Gasteiger partial charge is 0.496 e. The molecule has 1 N–H and O–H groups in total. The van der Waals surface area contributed by atoms with Crippen LogP contribution in [0.1, 0.15) is 40.7 Å². The van der Waals surface area contributed by atoms with E-state index in [1.807, 2.05) is 49.4 Å². The molecule has 0 fully saturated rings. The third kappa shape index (κ3) is 2.80.